The van der Waals surface area contributed by atoms with Crippen molar-refractivity contribution in [3.05, 3.63) is 76.1 Å². The lowest BCUT2D eigenvalue weighted by molar-refractivity contribution is -0.383. The van der Waals surface area contributed by atoms with Crippen LogP contribution in [0.1, 0.15) is 27.6 Å². The lowest BCUT2D eigenvalue weighted by Gasteiger charge is -2.13. The molecule has 0 atom stereocenters. The van der Waals surface area contributed by atoms with Gasteiger partial charge in [-0.2, -0.15) is 0 Å². The first-order valence-electron chi connectivity index (χ1n) is 9.68. The molecular weight excluding hydrogens is 432 g/mol. The summed E-state index contributed by atoms with van der Waals surface area (Å²) in [5.41, 5.74) is 4.90. The Morgan fingerprint density at radius 3 is 2.39 bits per heavy atom. The highest BCUT2D eigenvalue weighted by molar-refractivity contribution is 5.98. The van der Waals surface area contributed by atoms with E-state index in [1.165, 1.54) is 19.2 Å². The van der Waals surface area contributed by atoms with Crippen molar-refractivity contribution in [1.29, 1.82) is 0 Å². The van der Waals surface area contributed by atoms with Gasteiger partial charge in [-0.05, 0) is 31.2 Å². The number of hydrogen-bond acceptors (Lipinski definition) is 10. The van der Waals surface area contributed by atoms with Crippen LogP contribution in [-0.4, -0.2) is 40.5 Å². The maximum atomic E-state index is 12.5. The van der Waals surface area contributed by atoms with E-state index in [-0.39, 0.29) is 35.1 Å². The molecule has 3 aromatic rings. The topological polar surface area (TPSA) is 158 Å². The molecule has 0 saturated carbocycles. The first kappa shape index (κ1) is 22.9. The number of esters is 1. The summed E-state index contributed by atoms with van der Waals surface area (Å²) in [5, 5.41) is 14.6. The van der Waals surface area contributed by atoms with Crippen LogP contribution in [0.3, 0.4) is 0 Å². The summed E-state index contributed by atoms with van der Waals surface area (Å²) in [4.78, 5) is 43.6. The van der Waals surface area contributed by atoms with E-state index in [1.807, 2.05) is 0 Å². The molecule has 12 heteroatoms. The summed E-state index contributed by atoms with van der Waals surface area (Å²) in [7, 11) is 1.42. The fourth-order valence-corrected chi connectivity index (χ4v) is 2.86. The number of carbonyl (C=O) groups is 2. The molecule has 1 aromatic heterocycles. The standard InChI is InChI=1S/C21H20N6O6/c1-3-33-21(29)13-8-4-6-10-15(13)24-18-17(27(30)31)19(23-12-22-18)25-26-20(28)14-9-5-7-11-16(14)32-2/h4-12H,3H2,1-2H3,(H,26,28)(H2,22,23,24,25). The Hall–Kier alpha value is -4.74. The molecule has 0 bridgehead atoms. The molecule has 0 fully saturated rings. The van der Waals surface area contributed by atoms with Gasteiger partial charge in [0.05, 0.1) is 35.5 Å². The molecule has 0 aliphatic heterocycles. The Bertz CT molecular complexity index is 1190. The number of carbonyl (C=O) groups excluding carboxylic acids is 2. The molecule has 0 radical (unpaired) electrons. The molecule has 1 amide bonds. The summed E-state index contributed by atoms with van der Waals surface area (Å²) in [6.45, 7) is 1.83. The fourth-order valence-electron chi connectivity index (χ4n) is 2.86. The van der Waals surface area contributed by atoms with Crippen molar-refractivity contribution in [2.75, 3.05) is 24.5 Å². The van der Waals surface area contributed by atoms with Crippen LogP contribution in [0, 0.1) is 10.1 Å². The number of amides is 1. The van der Waals surface area contributed by atoms with Crippen molar-refractivity contribution in [2.24, 2.45) is 0 Å². The second-order valence-electron chi connectivity index (χ2n) is 6.35. The van der Waals surface area contributed by atoms with E-state index in [4.69, 9.17) is 9.47 Å². The van der Waals surface area contributed by atoms with E-state index in [2.05, 4.69) is 26.1 Å². The lowest BCUT2D eigenvalue weighted by atomic mass is 10.2. The third-order valence-corrected chi connectivity index (χ3v) is 4.33. The lowest BCUT2D eigenvalue weighted by Crippen LogP contribution is -2.30. The number of nitrogens with one attached hydrogen (secondary N) is 3. The van der Waals surface area contributed by atoms with Gasteiger partial charge < -0.3 is 14.8 Å². The summed E-state index contributed by atoms with van der Waals surface area (Å²) in [5.74, 6) is -1.33. The smallest absolute Gasteiger partial charge is 0.355 e. The van der Waals surface area contributed by atoms with Gasteiger partial charge in [0, 0.05) is 0 Å². The van der Waals surface area contributed by atoms with Crippen molar-refractivity contribution >= 4 is 34.9 Å². The van der Waals surface area contributed by atoms with Crippen molar-refractivity contribution in [1.82, 2.24) is 15.4 Å². The maximum Gasteiger partial charge on any atom is 0.355 e. The summed E-state index contributed by atoms with van der Waals surface area (Å²) in [6.07, 6.45) is 1.07. The molecule has 33 heavy (non-hydrogen) atoms. The second-order valence-corrected chi connectivity index (χ2v) is 6.35. The van der Waals surface area contributed by atoms with Gasteiger partial charge in [-0.25, -0.2) is 14.8 Å². The maximum absolute atomic E-state index is 12.5. The van der Waals surface area contributed by atoms with Gasteiger partial charge in [-0.15, -0.1) is 0 Å². The highest BCUT2D eigenvalue weighted by Crippen LogP contribution is 2.32. The van der Waals surface area contributed by atoms with Gasteiger partial charge in [0.1, 0.15) is 12.1 Å². The summed E-state index contributed by atoms with van der Waals surface area (Å²) >= 11 is 0. The number of rotatable bonds is 9. The minimum Gasteiger partial charge on any atom is -0.496 e. The molecule has 2 aromatic carbocycles. The Balaban J connectivity index is 1.88. The number of benzene rings is 2. The first-order valence-corrected chi connectivity index (χ1v) is 9.68. The van der Waals surface area contributed by atoms with Crippen molar-refractivity contribution in [3.8, 4) is 5.75 Å². The van der Waals surface area contributed by atoms with Gasteiger partial charge in [-0.1, -0.05) is 24.3 Å². The number of anilines is 3. The largest absolute Gasteiger partial charge is 0.496 e. The van der Waals surface area contributed by atoms with Gasteiger partial charge >= 0.3 is 11.7 Å². The molecule has 3 N–H and O–H groups in total. The number of ether oxygens (including phenoxy) is 2. The zero-order valence-electron chi connectivity index (χ0n) is 17.7. The normalized spacial score (nSPS) is 10.1. The van der Waals surface area contributed by atoms with Crippen LogP contribution in [0.4, 0.5) is 23.0 Å². The summed E-state index contributed by atoms with van der Waals surface area (Å²) in [6, 6.07) is 12.8. The monoisotopic (exact) mass is 452 g/mol. The van der Waals surface area contributed by atoms with Gasteiger partial charge in [0.2, 0.25) is 11.6 Å². The minimum absolute atomic E-state index is 0.167. The van der Waals surface area contributed by atoms with Crippen molar-refractivity contribution in [3.63, 3.8) is 0 Å². The predicted molar refractivity (Wildman–Crippen MR) is 118 cm³/mol. The number of hydrogen-bond donors (Lipinski definition) is 3. The quantitative estimate of drug-likeness (QED) is 0.250. The van der Waals surface area contributed by atoms with Crippen LogP contribution in [0.5, 0.6) is 5.75 Å². The van der Waals surface area contributed by atoms with E-state index in [9.17, 15) is 19.7 Å². The molecule has 0 unspecified atom stereocenters. The van der Waals surface area contributed by atoms with Gasteiger partial charge in [0.15, 0.2) is 0 Å². The van der Waals surface area contributed by atoms with Crippen LogP contribution >= 0.6 is 0 Å². The minimum atomic E-state index is -0.715. The Labute approximate surface area is 188 Å². The average Bonchev–Trinajstić information content (AvgIpc) is 2.82. The number of methoxy groups -OCH3 is 1. The van der Waals surface area contributed by atoms with Crippen LogP contribution in [0.15, 0.2) is 54.9 Å². The van der Waals surface area contributed by atoms with E-state index >= 15 is 0 Å². The van der Waals surface area contributed by atoms with Crippen LogP contribution in [0.25, 0.3) is 0 Å². The van der Waals surface area contributed by atoms with Gasteiger partial charge in [-0.3, -0.25) is 25.8 Å². The first-order chi connectivity index (χ1) is 16.0. The molecule has 170 valence electrons. The van der Waals surface area contributed by atoms with E-state index in [0.29, 0.717) is 5.75 Å². The third kappa shape index (κ3) is 5.31. The molecule has 0 saturated heterocycles. The molecule has 3 rings (SSSR count). The van der Waals surface area contributed by atoms with Crippen LogP contribution in [-0.2, 0) is 4.74 Å². The number of nitrogens with zero attached hydrogens (tertiary/aromatic N) is 3. The Morgan fingerprint density at radius 1 is 1.03 bits per heavy atom. The highest BCUT2D eigenvalue weighted by atomic mass is 16.6. The number of hydrazine groups is 1. The zero-order valence-corrected chi connectivity index (χ0v) is 17.7. The average molecular weight is 452 g/mol. The third-order valence-electron chi connectivity index (χ3n) is 4.33. The van der Waals surface area contributed by atoms with Crippen LogP contribution in [0.2, 0.25) is 0 Å². The molecule has 0 aliphatic rings. The molecule has 0 aliphatic carbocycles. The Morgan fingerprint density at radius 2 is 1.70 bits per heavy atom. The highest BCUT2D eigenvalue weighted by Gasteiger charge is 2.25. The summed E-state index contributed by atoms with van der Waals surface area (Å²) < 4.78 is 10.2. The SMILES string of the molecule is CCOC(=O)c1ccccc1Nc1ncnc(NNC(=O)c2ccccc2OC)c1[N+](=O)[O-]. The van der Waals surface area contributed by atoms with E-state index in [1.54, 1.807) is 43.3 Å². The number of para-hydroxylation sites is 2. The van der Waals surface area contributed by atoms with E-state index in [0.717, 1.165) is 6.33 Å². The zero-order chi connectivity index (χ0) is 23.8. The number of nitro groups is 1. The molecule has 1 heterocycles. The Kier molecular flexibility index (Phi) is 7.32. The van der Waals surface area contributed by atoms with E-state index < -0.39 is 22.5 Å². The molecular formula is C21H20N6O6. The second kappa shape index (κ2) is 10.5. The fraction of sp³-hybridized carbons (Fsp3) is 0.143. The molecule has 0 spiro atoms. The van der Waals surface area contributed by atoms with Crippen molar-refractivity contribution < 1.29 is 24.0 Å². The van der Waals surface area contributed by atoms with Crippen molar-refractivity contribution in [2.45, 2.75) is 6.92 Å². The van der Waals surface area contributed by atoms with Gasteiger partial charge in [0.25, 0.3) is 5.91 Å². The molecule has 12 nitrogen and oxygen atoms in total. The number of aromatic nitrogens is 2. The predicted octanol–water partition coefficient (Wildman–Crippen LogP) is 3.07. The van der Waals surface area contributed by atoms with Crippen LogP contribution < -0.4 is 20.9 Å².